The molecule has 0 unspecified atom stereocenters. The molecule has 0 spiro atoms. The molecule has 2 aromatic rings. The van der Waals surface area contributed by atoms with Crippen molar-refractivity contribution < 1.29 is 9.90 Å². The normalized spacial score (nSPS) is 10.6. The molecule has 1 N–H and O–H groups in total. The van der Waals surface area contributed by atoms with Crippen LogP contribution in [0.25, 0.3) is 0 Å². The van der Waals surface area contributed by atoms with Gasteiger partial charge in [0, 0.05) is 25.8 Å². The van der Waals surface area contributed by atoms with Crippen LogP contribution in [0.5, 0.6) is 0 Å². The molecule has 0 radical (unpaired) electrons. The van der Waals surface area contributed by atoms with E-state index in [2.05, 4.69) is 5.10 Å². The Kier molecular flexibility index (Phi) is 5.11. The van der Waals surface area contributed by atoms with E-state index < -0.39 is 0 Å². The largest absolute Gasteiger partial charge is 0.395 e. The zero-order valence-electron chi connectivity index (χ0n) is 12.5. The van der Waals surface area contributed by atoms with E-state index in [4.69, 9.17) is 0 Å². The molecule has 0 saturated carbocycles. The van der Waals surface area contributed by atoms with Gasteiger partial charge in [0.2, 0.25) is 0 Å². The number of aryl methyl sites for hydroxylation is 1. The third kappa shape index (κ3) is 3.70. The highest BCUT2D eigenvalue weighted by molar-refractivity contribution is 5.95. The first-order valence-corrected chi connectivity index (χ1v) is 7.06. The highest BCUT2D eigenvalue weighted by atomic mass is 16.3. The second-order valence-electron chi connectivity index (χ2n) is 5.02. The van der Waals surface area contributed by atoms with E-state index in [1.807, 2.05) is 44.3 Å². The average Bonchev–Trinajstić information content (AvgIpc) is 2.84. The molecule has 1 heterocycles. The molecule has 1 aromatic carbocycles. The van der Waals surface area contributed by atoms with Crippen LogP contribution in [0.3, 0.4) is 0 Å². The summed E-state index contributed by atoms with van der Waals surface area (Å²) >= 11 is 0. The number of rotatable bonds is 6. The number of aromatic nitrogens is 2. The van der Waals surface area contributed by atoms with Crippen LogP contribution in [-0.4, -0.2) is 45.4 Å². The minimum Gasteiger partial charge on any atom is -0.395 e. The molecule has 1 amide bonds. The average molecular weight is 287 g/mol. The SMILES string of the molecule is Cc1c(C(=O)N(CCO)CCc2ccccc2)cnn1C. The molecule has 0 atom stereocenters. The Hall–Kier alpha value is -2.14. The van der Waals surface area contributed by atoms with Crippen molar-refractivity contribution in [1.29, 1.82) is 0 Å². The van der Waals surface area contributed by atoms with Gasteiger partial charge >= 0.3 is 0 Å². The summed E-state index contributed by atoms with van der Waals surface area (Å²) in [7, 11) is 1.81. The number of hydrogen-bond acceptors (Lipinski definition) is 3. The van der Waals surface area contributed by atoms with E-state index >= 15 is 0 Å². The predicted molar refractivity (Wildman–Crippen MR) is 81.1 cm³/mol. The van der Waals surface area contributed by atoms with Crippen LogP contribution in [-0.2, 0) is 13.5 Å². The number of benzene rings is 1. The van der Waals surface area contributed by atoms with Crippen LogP contribution in [0.2, 0.25) is 0 Å². The fraction of sp³-hybridized carbons (Fsp3) is 0.375. The lowest BCUT2D eigenvalue weighted by molar-refractivity contribution is 0.0723. The molecular formula is C16H21N3O2. The van der Waals surface area contributed by atoms with Crippen LogP contribution < -0.4 is 0 Å². The monoisotopic (exact) mass is 287 g/mol. The zero-order chi connectivity index (χ0) is 15.2. The summed E-state index contributed by atoms with van der Waals surface area (Å²) in [6.07, 6.45) is 2.36. The summed E-state index contributed by atoms with van der Waals surface area (Å²) in [6.45, 7) is 2.74. The summed E-state index contributed by atoms with van der Waals surface area (Å²) in [5.74, 6) is -0.0782. The van der Waals surface area contributed by atoms with Crippen molar-refractivity contribution in [3.8, 4) is 0 Å². The lowest BCUT2D eigenvalue weighted by atomic mass is 10.1. The smallest absolute Gasteiger partial charge is 0.257 e. The maximum Gasteiger partial charge on any atom is 0.257 e. The molecule has 0 aliphatic heterocycles. The number of amides is 1. The van der Waals surface area contributed by atoms with Crippen LogP contribution in [0.15, 0.2) is 36.5 Å². The molecule has 0 saturated heterocycles. The topological polar surface area (TPSA) is 58.4 Å². The standard InChI is InChI=1S/C16H21N3O2/c1-13-15(12-17-18(13)2)16(21)19(10-11-20)9-8-14-6-4-3-5-7-14/h3-7,12,20H,8-11H2,1-2H3. The van der Waals surface area contributed by atoms with Crippen molar-refractivity contribution in [1.82, 2.24) is 14.7 Å². The van der Waals surface area contributed by atoms with Gasteiger partial charge in [-0.3, -0.25) is 9.48 Å². The lowest BCUT2D eigenvalue weighted by Gasteiger charge is -2.21. The highest BCUT2D eigenvalue weighted by Gasteiger charge is 2.19. The Labute approximate surface area is 124 Å². The Balaban J connectivity index is 2.07. The molecular weight excluding hydrogens is 266 g/mol. The van der Waals surface area contributed by atoms with Gasteiger partial charge in [-0.1, -0.05) is 30.3 Å². The predicted octanol–water partition coefficient (Wildman–Crippen LogP) is 1.41. The molecule has 5 nitrogen and oxygen atoms in total. The molecule has 5 heteroatoms. The second-order valence-corrected chi connectivity index (χ2v) is 5.02. The van der Waals surface area contributed by atoms with Crippen molar-refractivity contribution in [3.05, 3.63) is 53.3 Å². The van der Waals surface area contributed by atoms with Gasteiger partial charge in [-0.25, -0.2) is 0 Å². The van der Waals surface area contributed by atoms with Crippen molar-refractivity contribution in [3.63, 3.8) is 0 Å². The number of aliphatic hydroxyl groups excluding tert-OH is 1. The lowest BCUT2D eigenvalue weighted by Crippen LogP contribution is -2.35. The summed E-state index contributed by atoms with van der Waals surface area (Å²) in [5, 5.41) is 13.3. The van der Waals surface area contributed by atoms with Gasteiger partial charge in [-0.2, -0.15) is 5.10 Å². The summed E-state index contributed by atoms with van der Waals surface area (Å²) in [4.78, 5) is 14.2. The Morgan fingerprint density at radius 2 is 2.00 bits per heavy atom. The Bertz CT molecular complexity index is 593. The minimum absolute atomic E-state index is 0.0418. The first kappa shape index (κ1) is 15.3. The third-order valence-electron chi connectivity index (χ3n) is 3.64. The van der Waals surface area contributed by atoms with E-state index in [1.54, 1.807) is 15.8 Å². The van der Waals surface area contributed by atoms with Gasteiger partial charge in [-0.05, 0) is 18.9 Å². The third-order valence-corrected chi connectivity index (χ3v) is 3.64. The first-order valence-electron chi connectivity index (χ1n) is 7.06. The summed E-state index contributed by atoms with van der Waals surface area (Å²) in [6, 6.07) is 10.0. The van der Waals surface area contributed by atoms with Crippen LogP contribution >= 0.6 is 0 Å². The van der Waals surface area contributed by atoms with Crippen molar-refractivity contribution in [2.45, 2.75) is 13.3 Å². The van der Waals surface area contributed by atoms with Gasteiger partial charge < -0.3 is 10.0 Å². The highest BCUT2D eigenvalue weighted by Crippen LogP contribution is 2.11. The molecule has 112 valence electrons. The Morgan fingerprint density at radius 3 is 2.57 bits per heavy atom. The van der Waals surface area contributed by atoms with E-state index in [0.717, 1.165) is 12.1 Å². The quantitative estimate of drug-likeness (QED) is 0.874. The first-order chi connectivity index (χ1) is 10.1. The van der Waals surface area contributed by atoms with E-state index in [1.165, 1.54) is 5.56 Å². The molecule has 2 rings (SSSR count). The maximum atomic E-state index is 12.6. The minimum atomic E-state index is -0.0782. The molecule has 21 heavy (non-hydrogen) atoms. The van der Waals surface area contributed by atoms with Crippen LogP contribution in [0, 0.1) is 6.92 Å². The Morgan fingerprint density at radius 1 is 1.29 bits per heavy atom. The molecule has 1 aromatic heterocycles. The summed E-state index contributed by atoms with van der Waals surface area (Å²) < 4.78 is 1.68. The molecule has 0 fully saturated rings. The number of carbonyl (C=O) groups excluding carboxylic acids is 1. The molecule has 0 bridgehead atoms. The van der Waals surface area contributed by atoms with Crippen LogP contribution in [0.4, 0.5) is 0 Å². The van der Waals surface area contributed by atoms with Gasteiger partial charge in [0.1, 0.15) is 0 Å². The van der Waals surface area contributed by atoms with E-state index in [9.17, 15) is 9.90 Å². The van der Waals surface area contributed by atoms with Gasteiger partial charge in [0.15, 0.2) is 0 Å². The second kappa shape index (κ2) is 7.04. The van der Waals surface area contributed by atoms with Crippen molar-refractivity contribution in [2.24, 2.45) is 7.05 Å². The number of aliphatic hydroxyl groups is 1. The van der Waals surface area contributed by atoms with Crippen molar-refractivity contribution >= 4 is 5.91 Å². The number of carbonyl (C=O) groups is 1. The van der Waals surface area contributed by atoms with E-state index in [0.29, 0.717) is 18.7 Å². The van der Waals surface area contributed by atoms with Crippen molar-refractivity contribution in [2.75, 3.05) is 19.7 Å². The fourth-order valence-corrected chi connectivity index (χ4v) is 2.22. The molecule has 0 aliphatic carbocycles. The maximum absolute atomic E-state index is 12.6. The van der Waals surface area contributed by atoms with Gasteiger partial charge in [0.25, 0.3) is 5.91 Å². The van der Waals surface area contributed by atoms with Gasteiger partial charge in [0.05, 0.1) is 18.4 Å². The van der Waals surface area contributed by atoms with Gasteiger partial charge in [-0.15, -0.1) is 0 Å². The fourth-order valence-electron chi connectivity index (χ4n) is 2.22. The zero-order valence-corrected chi connectivity index (χ0v) is 12.5. The number of nitrogens with zero attached hydrogens (tertiary/aromatic N) is 3. The molecule has 0 aliphatic rings. The number of hydrogen-bond donors (Lipinski definition) is 1. The summed E-state index contributed by atoms with van der Waals surface area (Å²) in [5.41, 5.74) is 2.61. The van der Waals surface area contributed by atoms with Crippen LogP contribution in [0.1, 0.15) is 21.6 Å². The van der Waals surface area contributed by atoms with E-state index in [-0.39, 0.29) is 12.5 Å².